The molecule has 2 heterocycles. The van der Waals surface area contributed by atoms with Crippen molar-refractivity contribution in [3.05, 3.63) is 29.8 Å². The Labute approximate surface area is 136 Å². The average molecular weight is 317 g/mol. The number of carbonyl (C=O) groups is 2. The second-order valence-electron chi connectivity index (χ2n) is 6.31. The molecule has 2 aliphatic heterocycles. The molecule has 0 radical (unpaired) electrons. The van der Waals surface area contributed by atoms with Gasteiger partial charge in [0.2, 0.25) is 5.91 Å². The molecule has 2 aliphatic rings. The van der Waals surface area contributed by atoms with Crippen LogP contribution in [0.25, 0.3) is 0 Å². The smallest absolute Gasteiger partial charge is 0.254 e. The van der Waals surface area contributed by atoms with E-state index in [-0.39, 0.29) is 17.7 Å². The normalized spacial score (nSPS) is 20.1. The zero-order valence-corrected chi connectivity index (χ0v) is 13.4. The summed E-state index contributed by atoms with van der Waals surface area (Å²) in [4.78, 5) is 27.9. The zero-order chi connectivity index (χ0) is 16.4. The second kappa shape index (κ2) is 6.58. The molecule has 6 nitrogen and oxygen atoms in total. The van der Waals surface area contributed by atoms with Crippen molar-refractivity contribution in [2.45, 2.75) is 18.9 Å². The molecule has 0 aliphatic carbocycles. The number of likely N-dealkylation sites (tertiary alicyclic amines) is 2. The van der Waals surface area contributed by atoms with Gasteiger partial charge in [-0.25, -0.2) is 0 Å². The third kappa shape index (κ3) is 3.32. The molecule has 23 heavy (non-hydrogen) atoms. The zero-order valence-electron chi connectivity index (χ0n) is 13.4. The summed E-state index contributed by atoms with van der Waals surface area (Å²) >= 11 is 0. The van der Waals surface area contributed by atoms with Gasteiger partial charge in [-0.05, 0) is 44.1 Å². The highest BCUT2D eigenvalue weighted by atomic mass is 16.5. The van der Waals surface area contributed by atoms with Crippen molar-refractivity contribution in [2.24, 2.45) is 11.7 Å². The van der Waals surface area contributed by atoms with E-state index >= 15 is 0 Å². The van der Waals surface area contributed by atoms with E-state index in [4.69, 9.17) is 10.5 Å². The number of amides is 2. The van der Waals surface area contributed by atoms with Gasteiger partial charge in [-0.1, -0.05) is 6.07 Å². The van der Waals surface area contributed by atoms with Crippen LogP contribution in [0.1, 0.15) is 23.2 Å². The standard InChI is InChI=1S/C17H23N3O3/c1-23-15-4-2-3-13(9-15)17(22)20-10-14(11-20)19-7-5-12(6-8-19)16(18)21/h2-4,9,12,14H,5-8,10-11H2,1H3,(H2,18,21). The summed E-state index contributed by atoms with van der Waals surface area (Å²) in [6, 6.07) is 7.65. The van der Waals surface area contributed by atoms with E-state index in [1.54, 1.807) is 13.2 Å². The van der Waals surface area contributed by atoms with Gasteiger partial charge in [0.15, 0.2) is 0 Å². The summed E-state index contributed by atoms with van der Waals surface area (Å²) in [6.07, 6.45) is 1.66. The molecule has 0 aromatic heterocycles. The summed E-state index contributed by atoms with van der Waals surface area (Å²) in [5.41, 5.74) is 6.03. The van der Waals surface area contributed by atoms with Gasteiger partial charge in [0.25, 0.3) is 5.91 Å². The largest absolute Gasteiger partial charge is 0.497 e. The van der Waals surface area contributed by atoms with Gasteiger partial charge in [0.05, 0.1) is 7.11 Å². The van der Waals surface area contributed by atoms with Crippen molar-refractivity contribution < 1.29 is 14.3 Å². The van der Waals surface area contributed by atoms with E-state index in [1.807, 2.05) is 23.1 Å². The number of methoxy groups -OCH3 is 1. The maximum atomic E-state index is 12.5. The lowest BCUT2D eigenvalue weighted by atomic mass is 9.93. The number of nitrogens with zero attached hydrogens (tertiary/aromatic N) is 2. The third-order valence-corrected chi connectivity index (χ3v) is 4.91. The molecule has 1 aromatic carbocycles. The number of carbonyl (C=O) groups excluding carboxylic acids is 2. The first-order chi connectivity index (χ1) is 11.1. The molecular formula is C17H23N3O3. The molecule has 2 N–H and O–H groups in total. The summed E-state index contributed by atoms with van der Waals surface area (Å²) in [7, 11) is 1.60. The van der Waals surface area contributed by atoms with Crippen molar-refractivity contribution >= 4 is 11.8 Å². The highest BCUT2D eigenvalue weighted by Gasteiger charge is 2.37. The van der Waals surface area contributed by atoms with Crippen LogP contribution >= 0.6 is 0 Å². The van der Waals surface area contributed by atoms with Crippen LogP contribution in [0.2, 0.25) is 0 Å². The number of hydrogen-bond donors (Lipinski definition) is 1. The number of primary amides is 1. The predicted molar refractivity (Wildman–Crippen MR) is 86.2 cm³/mol. The Hall–Kier alpha value is -2.08. The number of piperidine rings is 1. The van der Waals surface area contributed by atoms with Gasteiger partial charge >= 0.3 is 0 Å². The van der Waals surface area contributed by atoms with E-state index in [2.05, 4.69) is 4.90 Å². The Bertz CT molecular complexity index is 591. The molecule has 0 atom stereocenters. The molecular weight excluding hydrogens is 294 g/mol. The molecule has 2 saturated heterocycles. The lowest BCUT2D eigenvalue weighted by Crippen LogP contribution is -2.62. The molecule has 1 aromatic rings. The Morgan fingerprint density at radius 2 is 1.91 bits per heavy atom. The van der Waals surface area contributed by atoms with Gasteiger partial charge < -0.3 is 15.4 Å². The first kappa shape index (κ1) is 15.8. The van der Waals surface area contributed by atoms with Crippen molar-refractivity contribution in [3.8, 4) is 5.75 Å². The number of benzene rings is 1. The van der Waals surface area contributed by atoms with Gasteiger partial charge in [0, 0.05) is 30.6 Å². The summed E-state index contributed by atoms with van der Waals surface area (Å²) < 4.78 is 5.17. The summed E-state index contributed by atoms with van der Waals surface area (Å²) in [5, 5.41) is 0. The van der Waals surface area contributed by atoms with Crippen molar-refractivity contribution in [1.29, 1.82) is 0 Å². The van der Waals surface area contributed by atoms with Crippen molar-refractivity contribution in [3.63, 3.8) is 0 Å². The fourth-order valence-electron chi connectivity index (χ4n) is 3.34. The highest BCUT2D eigenvalue weighted by Crippen LogP contribution is 2.25. The third-order valence-electron chi connectivity index (χ3n) is 4.91. The van der Waals surface area contributed by atoms with E-state index in [9.17, 15) is 9.59 Å². The fourth-order valence-corrected chi connectivity index (χ4v) is 3.34. The number of hydrogen-bond acceptors (Lipinski definition) is 4. The molecule has 3 rings (SSSR count). The van der Waals surface area contributed by atoms with Crippen LogP contribution < -0.4 is 10.5 Å². The molecule has 0 saturated carbocycles. The molecule has 2 fully saturated rings. The lowest BCUT2D eigenvalue weighted by Gasteiger charge is -2.47. The number of rotatable bonds is 4. The van der Waals surface area contributed by atoms with Crippen LogP contribution in [0.5, 0.6) is 5.75 Å². The SMILES string of the molecule is COc1cccc(C(=O)N2CC(N3CCC(C(N)=O)CC3)C2)c1. The Morgan fingerprint density at radius 1 is 1.22 bits per heavy atom. The minimum atomic E-state index is -0.187. The molecule has 0 unspecified atom stereocenters. The molecule has 124 valence electrons. The maximum Gasteiger partial charge on any atom is 0.254 e. The maximum absolute atomic E-state index is 12.5. The van der Waals surface area contributed by atoms with E-state index in [0.29, 0.717) is 17.4 Å². The fraction of sp³-hybridized carbons (Fsp3) is 0.529. The minimum absolute atomic E-state index is 0.0147. The second-order valence-corrected chi connectivity index (χ2v) is 6.31. The van der Waals surface area contributed by atoms with Gasteiger partial charge in [-0.15, -0.1) is 0 Å². The molecule has 0 spiro atoms. The van der Waals surface area contributed by atoms with Gasteiger partial charge in [-0.3, -0.25) is 14.5 Å². The topological polar surface area (TPSA) is 75.9 Å². The summed E-state index contributed by atoms with van der Waals surface area (Å²) in [5.74, 6) is 0.572. The molecule has 6 heteroatoms. The van der Waals surface area contributed by atoms with Crippen LogP contribution in [0, 0.1) is 5.92 Å². The van der Waals surface area contributed by atoms with E-state index in [0.717, 1.165) is 39.0 Å². The average Bonchev–Trinajstić information content (AvgIpc) is 2.54. The Morgan fingerprint density at radius 3 is 2.52 bits per heavy atom. The first-order valence-electron chi connectivity index (χ1n) is 8.05. The Kier molecular flexibility index (Phi) is 4.52. The quantitative estimate of drug-likeness (QED) is 0.888. The monoisotopic (exact) mass is 317 g/mol. The summed E-state index contributed by atoms with van der Waals surface area (Å²) in [6.45, 7) is 3.27. The van der Waals surface area contributed by atoms with Crippen LogP contribution in [0.15, 0.2) is 24.3 Å². The van der Waals surface area contributed by atoms with E-state index < -0.39 is 0 Å². The van der Waals surface area contributed by atoms with Crippen molar-refractivity contribution in [2.75, 3.05) is 33.3 Å². The van der Waals surface area contributed by atoms with Crippen LogP contribution in [-0.2, 0) is 4.79 Å². The van der Waals surface area contributed by atoms with Crippen LogP contribution in [-0.4, -0.2) is 60.9 Å². The lowest BCUT2D eigenvalue weighted by molar-refractivity contribution is -0.123. The van der Waals surface area contributed by atoms with E-state index in [1.165, 1.54) is 0 Å². The van der Waals surface area contributed by atoms with Crippen molar-refractivity contribution in [1.82, 2.24) is 9.80 Å². The number of ether oxygens (including phenoxy) is 1. The van der Waals surface area contributed by atoms with Gasteiger partial charge in [0.1, 0.15) is 5.75 Å². The van der Waals surface area contributed by atoms with Crippen LogP contribution in [0.4, 0.5) is 0 Å². The molecule has 0 bridgehead atoms. The Balaban J connectivity index is 1.51. The minimum Gasteiger partial charge on any atom is -0.497 e. The predicted octanol–water partition coefficient (Wildman–Crippen LogP) is 0.717. The molecule has 2 amide bonds. The van der Waals surface area contributed by atoms with Gasteiger partial charge in [-0.2, -0.15) is 0 Å². The first-order valence-corrected chi connectivity index (χ1v) is 8.05. The highest BCUT2D eigenvalue weighted by molar-refractivity contribution is 5.95. The number of nitrogens with two attached hydrogens (primary N) is 1. The van der Waals surface area contributed by atoms with Crippen LogP contribution in [0.3, 0.4) is 0 Å².